The zero-order chi connectivity index (χ0) is 34.3. The van der Waals surface area contributed by atoms with E-state index in [1.165, 1.54) is 37.8 Å². The van der Waals surface area contributed by atoms with E-state index in [-0.39, 0.29) is 62.9 Å². The molecule has 5 fully saturated rings. The van der Waals surface area contributed by atoms with Crippen LogP contribution < -0.4 is 14.4 Å². The number of aromatic hydroxyl groups is 1. The molecular formula is C39H38F2N6O3. The van der Waals surface area contributed by atoms with E-state index in [2.05, 4.69) is 36.5 Å². The molecule has 3 aliphatic heterocycles. The van der Waals surface area contributed by atoms with Crippen LogP contribution >= 0.6 is 0 Å². The van der Waals surface area contributed by atoms with Crippen LogP contribution in [0.2, 0.25) is 0 Å². The van der Waals surface area contributed by atoms with E-state index in [4.69, 9.17) is 27.3 Å². The molecule has 256 valence electrons. The van der Waals surface area contributed by atoms with E-state index < -0.39 is 11.6 Å². The van der Waals surface area contributed by atoms with Crippen molar-refractivity contribution in [1.29, 1.82) is 0 Å². The summed E-state index contributed by atoms with van der Waals surface area (Å²) in [5.74, 6) is 5.91. The maximum Gasteiger partial charge on any atom is 0.319 e. The first-order valence-electron chi connectivity index (χ1n) is 17.4. The monoisotopic (exact) mass is 676 g/mol. The summed E-state index contributed by atoms with van der Waals surface area (Å²) in [7, 11) is 1.46. The highest BCUT2D eigenvalue weighted by atomic mass is 19.1. The number of aromatic nitrogens is 3. The van der Waals surface area contributed by atoms with Crippen LogP contribution in [-0.2, 0) is 0 Å². The largest absolute Gasteiger partial charge is 0.508 e. The Bertz CT molecular complexity index is 2120. The number of hydrogen-bond donors (Lipinski definition) is 1. The van der Waals surface area contributed by atoms with Crippen molar-refractivity contribution >= 4 is 27.5 Å². The minimum atomic E-state index is -0.778. The fourth-order valence-electron chi connectivity index (χ4n) is 8.84. The Morgan fingerprint density at radius 2 is 1.76 bits per heavy atom. The van der Waals surface area contributed by atoms with Gasteiger partial charge in [0.25, 0.3) is 0 Å². The van der Waals surface area contributed by atoms with Crippen LogP contribution in [0, 0.1) is 53.6 Å². The molecule has 50 heavy (non-hydrogen) atoms. The third-order valence-electron chi connectivity index (χ3n) is 11.6. The molecule has 9 rings (SSSR count). The second kappa shape index (κ2) is 11.7. The first kappa shape index (κ1) is 31.3. The summed E-state index contributed by atoms with van der Waals surface area (Å²) in [6, 6.07) is 6.03. The summed E-state index contributed by atoms with van der Waals surface area (Å²) in [6.45, 7) is 5.59. The van der Waals surface area contributed by atoms with E-state index >= 15 is 8.78 Å². The topological polar surface area (TPSA) is 87.1 Å². The number of rotatable bonds is 9. The zero-order valence-corrected chi connectivity index (χ0v) is 28.0. The number of methoxy groups -OCH3 is 1. The first-order valence-corrected chi connectivity index (χ1v) is 17.4. The van der Waals surface area contributed by atoms with Crippen molar-refractivity contribution in [2.45, 2.75) is 44.2 Å². The fourth-order valence-corrected chi connectivity index (χ4v) is 8.84. The van der Waals surface area contributed by atoms with Gasteiger partial charge >= 0.3 is 6.01 Å². The van der Waals surface area contributed by atoms with Gasteiger partial charge in [0.05, 0.1) is 25.8 Å². The average Bonchev–Trinajstić information content (AvgIpc) is 4.00. The molecule has 0 radical (unpaired) electrons. The lowest BCUT2D eigenvalue weighted by Crippen LogP contribution is -2.54. The van der Waals surface area contributed by atoms with Crippen molar-refractivity contribution in [2.75, 3.05) is 57.9 Å². The van der Waals surface area contributed by atoms with Crippen LogP contribution in [-0.4, -0.2) is 94.9 Å². The number of anilines is 1. The van der Waals surface area contributed by atoms with Crippen LogP contribution in [0.4, 0.5) is 14.6 Å². The van der Waals surface area contributed by atoms with E-state index in [9.17, 15) is 5.11 Å². The Hall–Kier alpha value is -4.71. The van der Waals surface area contributed by atoms with Crippen molar-refractivity contribution in [2.24, 2.45) is 17.3 Å². The molecular weight excluding hydrogens is 638 g/mol. The summed E-state index contributed by atoms with van der Waals surface area (Å²) in [6.07, 6.45) is 17.0. The van der Waals surface area contributed by atoms with Crippen molar-refractivity contribution in [3.05, 3.63) is 41.5 Å². The maximum absolute atomic E-state index is 17.2. The predicted molar refractivity (Wildman–Crippen MR) is 186 cm³/mol. The molecule has 2 aliphatic carbocycles. The molecule has 4 aromatic rings. The molecule has 11 heteroatoms. The number of fused-ring (bicyclic) bond motifs is 5. The SMILES string of the molecule is C#CCN1C2CCC1CN(c1nc(OCC3(CN4CC5CC5C4)CC3)nc3c(F)c(-c4cc(O)cc5ccc(F)c(C#C)c45)nc(OC)c13)C2. The number of pyridine rings is 1. The molecule has 3 saturated heterocycles. The molecule has 9 nitrogen and oxygen atoms in total. The highest BCUT2D eigenvalue weighted by Gasteiger charge is 2.51. The standard InChI is InChI=1S/C39H38F2N6O3/c1-4-12-47-25-7-8-26(47)19-46(18-25)36-32-35(43-38(44-36)50-21-39(10-11-39)20-45-16-23-13-24(23)17-45)33(41)34(42-37(32)49-3)29-15-27(48)14-22-6-9-30(40)28(5-2)31(22)29/h1-2,6,9,14-15,23-26,48H,7-8,10-13,16-21H2,3H3. The lowest BCUT2D eigenvalue weighted by Gasteiger charge is -2.41. The lowest BCUT2D eigenvalue weighted by molar-refractivity contribution is 0.162. The smallest absolute Gasteiger partial charge is 0.319 e. The number of terminal acetylenes is 2. The predicted octanol–water partition coefficient (Wildman–Crippen LogP) is 5.22. The zero-order valence-electron chi connectivity index (χ0n) is 28.0. The summed E-state index contributed by atoms with van der Waals surface area (Å²) < 4.78 is 44.4. The van der Waals surface area contributed by atoms with Gasteiger partial charge in [-0.25, -0.2) is 13.8 Å². The van der Waals surface area contributed by atoms with E-state index in [1.54, 1.807) is 0 Å². The molecule has 1 N–H and O–H groups in total. The van der Waals surface area contributed by atoms with Crippen molar-refractivity contribution in [3.8, 4) is 53.6 Å². The van der Waals surface area contributed by atoms with Crippen LogP contribution in [0.1, 0.15) is 37.7 Å². The molecule has 2 aromatic heterocycles. The fraction of sp³-hybridized carbons (Fsp3) is 0.462. The van der Waals surface area contributed by atoms with E-state index in [0.717, 1.165) is 57.2 Å². The van der Waals surface area contributed by atoms with Gasteiger partial charge in [-0.05, 0) is 67.5 Å². The summed E-state index contributed by atoms with van der Waals surface area (Å²) in [5.41, 5.74) is -0.127. The second-order valence-electron chi connectivity index (χ2n) is 14.9. The van der Waals surface area contributed by atoms with Gasteiger partial charge in [0, 0.05) is 61.2 Å². The quantitative estimate of drug-likeness (QED) is 0.240. The van der Waals surface area contributed by atoms with Gasteiger partial charge in [0.15, 0.2) is 5.82 Å². The number of ether oxygens (including phenoxy) is 2. The number of benzene rings is 2. The molecule has 2 bridgehead atoms. The lowest BCUT2D eigenvalue weighted by atomic mass is 9.95. The summed E-state index contributed by atoms with van der Waals surface area (Å²) >= 11 is 0. The first-order chi connectivity index (χ1) is 24.3. The van der Waals surface area contributed by atoms with Gasteiger partial charge < -0.3 is 24.4 Å². The Kier molecular flexibility index (Phi) is 7.31. The molecule has 4 atom stereocenters. The average molecular weight is 677 g/mol. The molecule has 2 aromatic carbocycles. The van der Waals surface area contributed by atoms with Crippen LogP contribution in [0.5, 0.6) is 17.6 Å². The number of halogens is 2. The number of hydrogen-bond acceptors (Lipinski definition) is 9. The third kappa shape index (κ3) is 5.18. The number of nitrogens with zero attached hydrogens (tertiary/aromatic N) is 6. The Morgan fingerprint density at radius 3 is 2.44 bits per heavy atom. The Balaban J connectivity index is 1.17. The van der Waals surface area contributed by atoms with Gasteiger partial charge in [-0.2, -0.15) is 9.97 Å². The maximum atomic E-state index is 17.2. The molecule has 5 heterocycles. The highest BCUT2D eigenvalue weighted by molar-refractivity contribution is 6.04. The van der Waals surface area contributed by atoms with Crippen LogP contribution in [0.3, 0.4) is 0 Å². The van der Waals surface area contributed by atoms with Gasteiger partial charge in [0.2, 0.25) is 5.88 Å². The summed E-state index contributed by atoms with van der Waals surface area (Å²) in [5, 5.41) is 11.7. The molecule has 4 unspecified atom stereocenters. The van der Waals surface area contributed by atoms with Gasteiger partial charge in [-0.15, -0.1) is 12.8 Å². The van der Waals surface area contributed by atoms with Gasteiger partial charge in [0.1, 0.15) is 34.0 Å². The normalized spacial score (nSPS) is 25.0. The van der Waals surface area contributed by atoms with E-state index in [0.29, 0.717) is 42.8 Å². The molecule has 0 amide bonds. The molecule has 2 saturated carbocycles. The second-order valence-corrected chi connectivity index (χ2v) is 14.9. The van der Waals surface area contributed by atoms with Crippen molar-refractivity contribution in [3.63, 3.8) is 0 Å². The molecule has 0 spiro atoms. The number of phenols is 1. The van der Waals surface area contributed by atoms with Crippen molar-refractivity contribution < 1.29 is 23.4 Å². The number of piperazine rings is 1. The van der Waals surface area contributed by atoms with Gasteiger partial charge in [-0.1, -0.05) is 17.9 Å². The minimum Gasteiger partial charge on any atom is -0.508 e. The minimum absolute atomic E-state index is 0.0328. The molecule has 5 aliphatic rings. The summed E-state index contributed by atoms with van der Waals surface area (Å²) in [4.78, 5) is 21.3. The van der Waals surface area contributed by atoms with Crippen molar-refractivity contribution in [1.82, 2.24) is 24.8 Å². The third-order valence-corrected chi connectivity index (χ3v) is 11.6. The van der Waals surface area contributed by atoms with Crippen LogP contribution in [0.25, 0.3) is 32.9 Å². The van der Waals surface area contributed by atoms with E-state index in [1.807, 2.05) is 0 Å². The van der Waals surface area contributed by atoms with Gasteiger partial charge in [-0.3, -0.25) is 4.90 Å². The number of likely N-dealkylation sites (tertiary alicyclic amines) is 1. The Morgan fingerprint density at radius 1 is 1.00 bits per heavy atom. The Labute approximate surface area is 289 Å². The number of piperidine rings is 1. The highest BCUT2D eigenvalue weighted by Crippen LogP contribution is 2.51. The van der Waals surface area contributed by atoms with Crippen LogP contribution in [0.15, 0.2) is 24.3 Å². The number of phenolic OH excluding ortho intramolecular Hbond substituents is 1.